The number of benzene rings is 1. The van der Waals surface area contributed by atoms with Crippen LogP contribution in [0.4, 0.5) is 4.79 Å². The van der Waals surface area contributed by atoms with E-state index in [9.17, 15) is 14.4 Å². The SMILES string of the molecule is CC(C)(C)OC(=O)N1CSC[C@H]1C(=O)N[C@H](CSCC1CCCCC1)C(=O)NC1CCN(Cc2ccccc2)CC1. The van der Waals surface area contributed by atoms with E-state index in [2.05, 4.69) is 39.8 Å². The minimum Gasteiger partial charge on any atom is -0.444 e. The third-order valence-corrected chi connectivity index (χ3v) is 10.3. The molecule has 2 heterocycles. The molecule has 1 aromatic rings. The van der Waals surface area contributed by atoms with Gasteiger partial charge < -0.3 is 15.4 Å². The molecule has 3 aliphatic rings. The number of amides is 3. The zero-order chi connectivity index (χ0) is 29.2. The predicted octanol–water partition coefficient (Wildman–Crippen LogP) is 4.88. The van der Waals surface area contributed by atoms with Gasteiger partial charge in [-0.25, -0.2) is 4.79 Å². The van der Waals surface area contributed by atoms with E-state index in [-0.39, 0.29) is 17.9 Å². The molecule has 2 atom stereocenters. The van der Waals surface area contributed by atoms with Crippen LogP contribution in [0.5, 0.6) is 0 Å². The van der Waals surface area contributed by atoms with Crippen molar-refractivity contribution < 1.29 is 19.1 Å². The number of nitrogens with one attached hydrogen (secondary N) is 2. The minimum atomic E-state index is -0.644. The number of nitrogens with zero attached hydrogens (tertiary/aromatic N) is 2. The van der Waals surface area contributed by atoms with E-state index in [0.717, 1.165) is 38.2 Å². The molecule has 1 aromatic carbocycles. The van der Waals surface area contributed by atoms with Gasteiger partial charge in [-0.2, -0.15) is 11.8 Å². The smallest absolute Gasteiger partial charge is 0.411 e. The third-order valence-electron chi connectivity index (χ3n) is 7.99. The van der Waals surface area contributed by atoms with Crippen molar-refractivity contribution in [3.8, 4) is 0 Å². The predicted molar refractivity (Wildman–Crippen MR) is 168 cm³/mol. The van der Waals surface area contributed by atoms with Gasteiger partial charge in [-0.05, 0) is 63.7 Å². The van der Waals surface area contributed by atoms with Crippen molar-refractivity contribution in [1.29, 1.82) is 0 Å². The lowest BCUT2D eigenvalue weighted by molar-refractivity contribution is -0.131. The zero-order valence-electron chi connectivity index (χ0n) is 24.9. The van der Waals surface area contributed by atoms with E-state index >= 15 is 0 Å². The number of hydrogen-bond donors (Lipinski definition) is 2. The summed E-state index contributed by atoms with van der Waals surface area (Å²) < 4.78 is 5.54. The molecule has 1 saturated carbocycles. The van der Waals surface area contributed by atoms with Crippen LogP contribution in [0.1, 0.15) is 71.3 Å². The average molecular weight is 605 g/mol. The second-order valence-corrected chi connectivity index (χ2v) is 14.7. The number of ether oxygens (including phenoxy) is 1. The summed E-state index contributed by atoms with van der Waals surface area (Å²) in [6.07, 6.45) is 7.69. The van der Waals surface area contributed by atoms with E-state index in [4.69, 9.17) is 4.74 Å². The van der Waals surface area contributed by atoms with Gasteiger partial charge in [0.05, 0.1) is 5.88 Å². The molecule has 2 saturated heterocycles. The lowest BCUT2D eigenvalue weighted by Crippen LogP contribution is -2.57. The second kappa shape index (κ2) is 15.5. The van der Waals surface area contributed by atoms with Crippen molar-refractivity contribution in [3.05, 3.63) is 35.9 Å². The van der Waals surface area contributed by atoms with Crippen molar-refractivity contribution in [2.75, 3.05) is 36.2 Å². The maximum absolute atomic E-state index is 13.6. The van der Waals surface area contributed by atoms with Crippen LogP contribution in [0.2, 0.25) is 0 Å². The van der Waals surface area contributed by atoms with E-state index < -0.39 is 23.8 Å². The molecule has 0 bridgehead atoms. The van der Waals surface area contributed by atoms with Gasteiger partial charge in [-0.15, -0.1) is 11.8 Å². The molecule has 10 heteroatoms. The molecule has 2 aliphatic heterocycles. The van der Waals surface area contributed by atoms with Crippen molar-refractivity contribution in [2.24, 2.45) is 5.92 Å². The first-order chi connectivity index (χ1) is 19.7. The lowest BCUT2D eigenvalue weighted by Gasteiger charge is -2.33. The van der Waals surface area contributed by atoms with Gasteiger partial charge >= 0.3 is 6.09 Å². The zero-order valence-corrected chi connectivity index (χ0v) is 26.6. The van der Waals surface area contributed by atoms with Gasteiger partial charge in [-0.1, -0.05) is 49.6 Å². The Labute approximate surface area is 254 Å². The molecule has 0 unspecified atom stereocenters. The molecular formula is C31H48N4O4S2. The van der Waals surface area contributed by atoms with Crippen LogP contribution in [0.15, 0.2) is 30.3 Å². The molecule has 228 valence electrons. The van der Waals surface area contributed by atoms with Crippen molar-refractivity contribution in [3.63, 3.8) is 0 Å². The summed E-state index contributed by atoms with van der Waals surface area (Å²) in [6.45, 7) is 8.23. The van der Waals surface area contributed by atoms with Crippen molar-refractivity contribution >= 4 is 41.4 Å². The third kappa shape index (κ3) is 10.4. The Kier molecular flexibility index (Phi) is 12.1. The number of piperidine rings is 1. The number of rotatable bonds is 10. The van der Waals surface area contributed by atoms with Crippen LogP contribution in [0, 0.1) is 5.92 Å². The molecule has 8 nitrogen and oxygen atoms in total. The number of likely N-dealkylation sites (tertiary alicyclic amines) is 1. The quantitative estimate of drug-likeness (QED) is 0.394. The average Bonchev–Trinajstić information content (AvgIpc) is 3.44. The van der Waals surface area contributed by atoms with E-state index in [1.54, 1.807) is 11.8 Å². The van der Waals surface area contributed by atoms with E-state index in [0.29, 0.717) is 23.3 Å². The van der Waals surface area contributed by atoms with Gasteiger partial charge in [-0.3, -0.25) is 19.4 Å². The largest absolute Gasteiger partial charge is 0.444 e. The highest BCUT2D eigenvalue weighted by molar-refractivity contribution is 7.99. The van der Waals surface area contributed by atoms with Crippen LogP contribution in [-0.2, 0) is 20.9 Å². The van der Waals surface area contributed by atoms with Gasteiger partial charge in [0.25, 0.3) is 0 Å². The molecule has 2 N–H and O–H groups in total. The Hall–Kier alpha value is -1.91. The standard InChI is InChI=1S/C31H48N4O4S2/c1-31(2,3)39-30(38)35-22-41-21-27(35)29(37)33-26(20-40-19-24-12-8-5-9-13-24)28(36)32-25-14-16-34(17-15-25)18-23-10-6-4-7-11-23/h4,6-7,10-11,24-27H,5,8-9,12-22H2,1-3H3,(H,32,36)(H,33,37)/t26-,27+/m1/s1. The van der Waals surface area contributed by atoms with Gasteiger partial charge in [0.2, 0.25) is 11.8 Å². The normalized spacial score (nSPS) is 21.8. The molecule has 0 spiro atoms. The fourth-order valence-electron chi connectivity index (χ4n) is 5.70. The summed E-state index contributed by atoms with van der Waals surface area (Å²) in [4.78, 5) is 43.7. The summed E-state index contributed by atoms with van der Waals surface area (Å²) >= 11 is 3.29. The van der Waals surface area contributed by atoms with Crippen molar-refractivity contribution in [2.45, 2.75) is 96.0 Å². The maximum atomic E-state index is 13.6. The van der Waals surface area contributed by atoms with Crippen LogP contribution in [0.3, 0.4) is 0 Å². The Morgan fingerprint density at radius 2 is 1.76 bits per heavy atom. The minimum absolute atomic E-state index is 0.0950. The molecule has 0 radical (unpaired) electrons. The molecule has 3 fully saturated rings. The van der Waals surface area contributed by atoms with Crippen LogP contribution in [0.25, 0.3) is 0 Å². The molecule has 3 amide bonds. The Morgan fingerprint density at radius 1 is 1.05 bits per heavy atom. The molecule has 1 aliphatic carbocycles. The first-order valence-electron chi connectivity index (χ1n) is 15.2. The van der Waals surface area contributed by atoms with Crippen LogP contribution >= 0.6 is 23.5 Å². The van der Waals surface area contributed by atoms with Crippen LogP contribution < -0.4 is 10.6 Å². The topological polar surface area (TPSA) is 91.0 Å². The first-order valence-corrected chi connectivity index (χ1v) is 17.5. The number of carbonyl (C=O) groups excluding carboxylic acids is 3. The Bertz CT molecular complexity index is 992. The summed E-state index contributed by atoms with van der Waals surface area (Å²) in [5, 5.41) is 6.28. The summed E-state index contributed by atoms with van der Waals surface area (Å²) in [7, 11) is 0. The number of thioether (sulfide) groups is 2. The second-order valence-electron chi connectivity index (χ2n) is 12.6. The highest BCUT2D eigenvalue weighted by atomic mass is 32.2. The highest BCUT2D eigenvalue weighted by Crippen LogP contribution is 2.27. The fourth-order valence-corrected chi connectivity index (χ4v) is 8.11. The summed E-state index contributed by atoms with van der Waals surface area (Å²) in [5.41, 5.74) is 0.665. The van der Waals surface area contributed by atoms with E-state index in [1.807, 2.05) is 26.8 Å². The van der Waals surface area contributed by atoms with Gasteiger partial charge in [0.1, 0.15) is 17.7 Å². The van der Waals surface area contributed by atoms with Gasteiger partial charge in [0.15, 0.2) is 0 Å². The van der Waals surface area contributed by atoms with E-state index in [1.165, 1.54) is 54.3 Å². The number of carbonyl (C=O) groups is 3. The number of hydrogen-bond acceptors (Lipinski definition) is 7. The molecule has 41 heavy (non-hydrogen) atoms. The maximum Gasteiger partial charge on any atom is 0.411 e. The molecule has 4 rings (SSSR count). The first kappa shape index (κ1) is 32.0. The molecular weight excluding hydrogens is 556 g/mol. The summed E-state index contributed by atoms with van der Waals surface area (Å²) in [6, 6.07) is 9.30. The lowest BCUT2D eigenvalue weighted by atomic mass is 9.91. The van der Waals surface area contributed by atoms with Crippen LogP contribution in [-0.4, -0.2) is 87.7 Å². The fraction of sp³-hybridized carbons (Fsp3) is 0.710. The Morgan fingerprint density at radius 3 is 2.44 bits per heavy atom. The van der Waals surface area contributed by atoms with Gasteiger partial charge in [0, 0.05) is 37.2 Å². The highest BCUT2D eigenvalue weighted by Gasteiger charge is 2.39. The monoisotopic (exact) mass is 604 g/mol. The van der Waals surface area contributed by atoms with Crippen molar-refractivity contribution in [1.82, 2.24) is 20.4 Å². The summed E-state index contributed by atoms with van der Waals surface area (Å²) in [5.74, 6) is 2.74. The molecule has 0 aromatic heterocycles. The Balaban J connectivity index is 1.32.